The van der Waals surface area contributed by atoms with E-state index in [1.54, 1.807) is 0 Å². The number of fused-ring (bicyclic) bond motifs is 1. The number of hydrogen-bond acceptors (Lipinski definition) is 1. The molecule has 0 aliphatic heterocycles. The molecule has 0 saturated heterocycles. The van der Waals surface area contributed by atoms with Gasteiger partial charge in [-0.05, 0) is 91.6 Å². The van der Waals surface area contributed by atoms with E-state index >= 15 is 0 Å². The fourth-order valence-electron chi connectivity index (χ4n) is 7.13. The summed E-state index contributed by atoms with van der Waals surface area (Å²) in [6, 6.07) is 76.4. The molecule has 8 aromatic rings. The second kappa shape index (κ2) is 15.2. The van der Waals surface area contributed by atoms with Crippen LogP contribution in [0, 0.1) is 0 Å². The molecular weight excluding hydrogens is 643 g/mol. The normalized spacial score (nSPS) is 11.7. The minimum absolute atomic E-state index is 1.13. The molecule has 0 aliphatic rings. The molecule has 8 rings (SSSR count). The summed E-state index contributed by atoms with van der Waals surface area (Å²) in [6.07, 6.45) is 6.74. The van der Waals surface area contributed by atoms with Crippen LogP contribution in [0.4, 0.5) is 17.1 Å². The van der Waals surface area contributed by atoms with Crippen molar-refractivity contribution in [3.05, 3.63) is 235 Å². The van der Waals surface area contributed by atoms with E-state index in [2.05, 4.69) is 241 Å². The number of nitrogens with zero attached hydrogens (tertiary/aromatic N) is 1. The van der Waals surface area contributed by atoms with Gasteiger partial charge in [-0.1, -0.05) is 188 Å². The lowest BCUT2D eigenvalue weighted by molar-refractivity contribution is 1.28. The topological polar surface area (TPSA) is 3.24 Å². The molecule has 0 radical (unpaired) electrons. The van der Waals surface area contributed by atoms with Crippen LogP contribution in [0.1, 0.15) is 16.7 Å². The Balaban J connectivity index is 1.06. The number of hydrogen-bond donors (Lipinski definition) is 0. The highest BCUT2D eigenvalue weighted by Crippen LogP contribution is 2.34. The maximum atomic E-state index is 2.51. The largest absolute Gasteiger partial charge is 0.311 e. The Hall–Kier alpha value is -6.48. The van der Waals surface area contributed by atoms with Crippen LogP contribution in [-0.2, 0) is 0 Å². The van der Waals surface area contributed by atoms with Gasteiger partial charge in [0.15, 0.2) is 8.07 Å². The Morgan fingerprint density at radius 1 is 0.308 bits per heavy atom. The zero-order valence-electron chi connectivity index (χ0n) is 29.0. The lowest BCUT2D eigenvalue weighted by Gasteiger charge is -2.30. The number of benzene rings is 8. The SMILES string of the molecule is C(=Cc1ccc2cc(C=C[Si](c3ccccc3)(c3ccccc3)c3ccccc3)ccc2c1)c1ccc(N(c2ccccc2)c2ccccc2)cc1. The Labute approximate surface area is 308 Å². The van der Waals surface area contributed by atoms with Crippen LogP contribution in [0.15, 0.2) is 218 Å². The van der Waals surface area contributed by atoms with E-state index in [4.69, 9.17) is 0 Å². The summed E-state index contributed by atoms with van der Waals surface area (Å²) in [7, 11) is -2.46. The van der Waals surface area contributed by atoms with E-state index in [9.17, 15) is 0 Å². The Bertz CT molecular complexity index is 2290. The van der Waals surface area contributed by atoms with Crippen molar-refractivity contribution in [3.8, 4) is 0 Å². The Morgan fingerprint density at radius 2 is 0.654 bits per heavy atom. The second-order valence-electron chi connectivity index (χ2n) is 13.0. The maximum Gasteiger partial charge on any atom is 0.172 e. The van der Waals surface area contributed by atoms with Crippen LogP contribution >= 0.6 is 0 Å². The predicted molar refractivity (Wildman–Crippen MR) is 227 cm³/mol. The van der Waals surface area contributed by atoms with E-state index < -0.39 is 8.07 Å². The smallest absolute Gasteiger partial charge is 0.172 e. The second-order valence-corrected chi connectivity index (χ2v) is 16.7. The van der Waals surface area contributed by atoms with Crippen LogP contribution in [0.25, 0.3) is 29.0 Å². The highest BCUT2D eigenvalue weighted by atomic mass is 28.3. The molecule has 0 N–H and O–H groups in total. The lowest BCUT2D eigenvalue weighted by atomic mass is 10.0. The third kappa shape index (κ3) is 6.93. The van der Waals surface area contributed by atoms with Gasteiger partial charge in [-0.25, -0.2) is 0 Å². The molecule has 52 heavy (non-hydrogen) atoms. The van der Waals surface area contributed by atoms with Gasteiger partial charge in [0.2, 0.25) is 0 Å². The molecule has 0 atom stereocenters. The first-order valence-corrected chi connectivity index (χ1v) is 19.9. The summed E-state index contributed by atoms with van der Waals surface area (Å²) >= 11 is 0. The molecule has 0 bridgehead atoms. The van der Waals surface area contributed by atoms with Gasteiger partial charge in [0.1, 0.15) is 0 Å². The minimum Gasteiger partial charge on any atom is -0.311 e. The summed E-state index contributed by atoms with van der Waals surface area (Å²) in [4.78, 5) is 2.29. The fraction of sp³-hybridized carbons (Fsp3) is 0. The molecule has 1 nitrogen and oxygen atoms in total. The van der Waals surface area contributed by atoms with Crippen LogP contribution in [0.2, 0.25) is 0 Å². The maximum absolute atomic E-state index is 2.51. The molecular formula is C50H39NSi. The minimum atomic E-state index is -2.46. The van der Waals surface area contributed by atoms with Gasteiger partial charge in [0.25, 0.3) is 0 Å². The number of rotatable bonds is 10. The quantitative estimate of drug-likeness (QED) is 0.0789. The van der Waals surface area contributed by atoms with Gasteiger partial charge in [-0.2, -0.15) is 0 Å². The van der Waals surface area contributed by atoms with Crippen LogP contribution in [0.5, 0.6) is 0 Å². The van der Waals surface area contributed by atoms with Crippen molar-refractivity contribution in [1.82, 2.24) is 0 Å². The summed E-state index contributed by atoms with van der Waals surface area (Å²) in [6.45, 7) is 0. The van der Waals surface area contributed by atoms with E-state index in [0.717, 1.165) is 22.6 Å². The zero-order valence-corrected chi connectivity index (χ0v) is 30.0. The lowest BCUT2D eigenvalue weighted by Crippen LogP contribution is -2.66. The number of anilines is 3. The molecule has 0 amide bonds. The van der Waals surface area contributed by atoms with Crippen molar-refractivity contribution in [2.75, 3.05) is 4.90 Å². The summed E-state index contributed by atoms with van der Waals surface area (Å²) in [5.41, 5.74) is 9.45. The van der Waals surface area contributed by atoms with Gasteiger partial charge < -0.3 is 4.90 Å². The van der Waals surface area contributed by atoms with Crippen LogP contribution < -0.4 is 20.5 Å². The molecule has 2 heteroatoms. The van der Waals surface area contributed by atoms with E-state index in [1.165, 1.54) is 37.5 Å². The van der Waals surface area contributed by atoms with Gasteiger partial charge in [-0.3, -0.25) is 0 Å². The first kappa shape index (κ1) is 32.7. The van der Waals surface area contributed by atoms with Gasteiger partial charge in [-0.15, -0.1) is 0 Å². The van der Waals surface area contributed by atoms with Crippen LogP contribution in [-0.4, -0.2) is 8.07 Å². The summed E-state index contributed by atoms with van der Waals surface area (Å²) in [5, 5.41) is 6.59. The average molecular weight is 682 g/mol. The van der Waals surface area contributed by atoms with Gasteiger partial charge in [0, 0.05) is 17.1 Å². The molecule has 248 valence electrons. The third-order valence-corrected chi connectivity index (χ3v) is 14.1. The fourth-order valence-corrected chi connectivity index (χ4v) is 11.3. The molecule has 0 unspecified atom stereocenters. The van der Waals surface area contributed by atoms with E-state index in [1.807, 2.05) is 0 Å². The van der Waals surface area contributed by atoms with Crippen molar-refractivity contribution < 1.29 is 0 Å². The summed E-state index contributed by atoms with van der Waals surface area (Å²) < 4.78 is 0. The Morgan fingerprint density at radius 3 is 1.10 bits per heavy atom. The van der Waals surface area contributed by atoms with Crippen molar-refractivity contribution in [2.45, 2.75) is 0 Å². The highest BCUT2D eigenvalue weighted by molar-refractivity contribution is 7.15. The van der Waals surface area contributed by atoms with Gasteiger partial charge >= 0.3 is 0 Å². The number of para-hydroxylation sites is 2. The molecule has 0 spiro atoms. The monoisotopic (exact) mass is 681 g/mol. The first-order chi connectivity index (χ1) is 25.8. The van der Waals surface area contributed by atoms with Crippen molar-refractivity contribution >= 4 is 69.7 Å². The van der Waals surface area contributed by atoms with Crippen molar-refractivity contribution in [2.24, 2.45) is 0 Å². The molecule has 0 aromatic heterocycles. The van der Waals surface area contributed by atoms with Crippen LogP contribution in [0.3, 0.4) is 0 Å². The molecule has 8 aromatic carbocycles. The van der Waals surface area contributed by atoms with E-state index in [0.29, 0.717) is 0 Å². The highest BCUT2D eigenvalue weighted by Gasteiger charge is 2.36. The Kier molecular flexibility index (Phi) is 9.55. The predicted octanol–water partition coefficient (Wildman–Crippen LogP) is 11.2. The third-order valence-electron chi connectivity index (χ3n) is 9.75. The van der Waals surface area contributed by atoms with Gasteiger partial charge in [0.05, 0.1) is 0 Å². The molecule has 0 fully saturated rings. The van der Waals surface area contributed by atoms with E-state index in [-0.39, 0.29) is 0 Å². The standard InChI is InChI=1S/C50H39NSi/c1-6-16-45(17-7-1)51(46-18-8-2-9-19-46)47-34-30-40(31-35-47)26-27-41-28-32-44-39-42(29-33-43(44)38-41)36-37-52(48-20-10-3-11-21-48,49-22-12-4-13-23-49)50-24-14-5-15-25-50/h1-39H. The average Bonchev–Trinajstić information content (AvgIpc) is 3.23. The summed E-state index contributed by atoms with van der Waals surface area (Å²) in [5.74, 6) is 0. The zero-order chi connectivity index (χ0) is 35.0. The first-order valence-electron chi connectivity index (χ1n) is 17.8. The molecule has 0 saturated carbocycles. The van der Waals surface area contributed by atoms with Crippen molar-refractivity contribution in [3.63, 3.8) is 0 Å². The molecule has 0 aliphatic carbocycles. The molecule has 0 heterocycles. The van der Waals surface area contributed by atoms with Crippen molar-refractivity contribution in [1.29, 1.82) is 0 Å².